The molecule has 1 heterocycles. The van der Waals surface area contributed by atoms with Gasteiger partial charge in [0.2, 0.25) is 0 Å². The van der Waals surface area contributed by atoms with E-state index in [0.717, 1.165) is 33.2 Å². The van der Waals surface area contributed by atoms with Crippen molar-refractivity contribution >= 4 is 22.6 Å². The van der Waals surface area contributed by atoms with Crippen molar-refractivity contribution in [3.8, 4) is 11.1 Å². The fraction of sp³-hybridized carbons (Fsp3) is 0.231. The lowest BCUT2D eigenvalue weighted by Gasteiger charge is -2.18. The molecule has 3 nitrogen and oxygen atoms in total. The minimum Gasteiger partial charge on any atom is -0.310 e. The van der Waals surface area contributed by atoms with Gasteiger partial charge in [0.1, 0.15) is 5.82 Å². The Morgan fingerprint density at radius 3 is 3.00 bits per heavy atom. The molecule has 0 fully saturated rings. The molecule has 2 aromatic rings. The van der Waals surface area contributed by atoms with Crippen LogP contribution >= 0.6 is 22.6 Å². The average molecular weight is 338 g/mol. The van der Waals surface area contributed by atoms with Crippen LogP contribution in [0.25, 0.3) is 11.1 Å². The number of halogens is 1. The smallest absolute Gasteiger partial charge is 0.259 e. The number of fused-ring (bicyclic) bond motifs is 3. The van der Waals surface area contributed by atoms with Crippen molar-refractivity contribution in [1.82, 2.24) is 9.97 Å². The topological polar surface area (TPSA) is 45.8 Å². The summed E-state index contributed by atoms with van der Waals surface area (Å²) < 4.78 is 1.15. The Labute approximate surface area is 112 Å². The first kappa shape index (κ1) is 11.0. The lowest BCUT2D eigenvalue weighted by atomic mass is 9.89. The maximum atomic E-state index is 12.1. The molecule has 1 N–H and O–H groups in total. The number of nitrogens with one attached hydrogen (secondary N) is 1. The fourth-order valence-electron chi connectivity index (χ4n) is 2.36. The van der Waals surface area contributed by atoms with E-state index in [4.69, 9.17) is 0 Å². The van der Waals surface area contributed by atoms with Crippen molar-refractivity contribution in [1.29, 1.82) is 0 Å². The zero-order chi connectivity index (χ0) is 12.0. The first-order chi connectivity index (χ1) is 8.15. The van der Waals surface area contributed by atoms with Gasteiger partial charge in [0.05, 0.1) is 11.3 Å². The van der Waals surface area contributed by atoms with Crippen molar-refractivity contribution in [2.24, 2.45) is 0 Å². The van der Waals surface area contributed by atoms with E-state index in [1.54, 1.807) is 0 Å². The minimum absolute atomic E-state index is 0.0181. The normalized spacial score (nSPS) is 13.1. The van der Waals surface area contributed by atoms with Gasteiger partial charge in [0, 0.05) is 3.57 Å². The van der Waals surface area contributed by atoms with Crippen LogP contribution in [0.2, 0.25) is 0 Å². The van der Waals surface area contributed by atoms with Crippen molar-refractivity contribution in [2.45, 2.75) is 19.8 Å². The second-order valence-electron chi connectivity index (χ2n) is 4.27. The summed E-state index contributed by atoms with van der Waals surface area (Å²) >= 11 is 2.27. The van der Waals surface area contributed by atoms with Gasteiger partial charge in [-0.25, -0.2) is 4.98 Å². The van der Waals surface area contributed by atoms with Crippen LogP contribution in [0.3, 0.4) is 0 Å². The highest BCUT2D eigenvalue weighted by Gasteiger charge is 2.20. The zero-order valence-corrected chi connectivity index (χ0v) is 11.5. The number of aromatic nitrogens is 2. The van der Waals surface area contributed by atoms with Gasteiger partial charge in [-0.2, -0.15) is 0 Å². The molecular weight excluding hydrogens is 327 g/mol. The number of benzene rings is 1. The van der Waals surface area contributed by atoms with E-state index in [9.17, 15) is 4.79 Å². The molecule has 4 heteroatoms. The number of rotatable bonds is 0. The molecule has 1 aliphatic rings. The Morgan fingerprint density at radius 2 is 2.18 bits per heavy atom. The summed E-state index contributed by atoms with van der Waals surface area (Å²) in [7, 11) is 0. The van der Waals surface area contributed by atoms with Crippen LogP contribution in [-0.2, 0) is 12.8 Å². The van der Waals surface area contributed by atoms with Crippen LogP contribution in [0.5, 0.6) is 0 Å². The van der Waals surface area contributed by atoms with Gasteiger partial charge < -0.3 is 4.98 Å². The van der Waals surface area contributed by atoms with E-state index in [1.807, 2.05) is 6.92 Å². The SMILES string of the molecule is Cc1nc2c(c(=O)[nH]1)-c1cc(I)ccc1CC2. The van der Waals surface area contributed by atoms with Gasteiger partial charge in [-0.15, -0.1) is 0 Å². The Morgan fingerprint density at radius 1 is 1.35 bits per heavy atom. The molecule has 0 radical (unpaired) electrons. The van der Waals surface area contributed by atoms with E-state index >= 15 is 0 Å². The molecule has 0 saturated heterocycles. The lowest BCUT2D eigenvalue weighted by Crippen LogP contribution is -2.20. The Bertz CT molecular complexity index is 661. The molecule has 86 valence electrons. The third-order valence-corrected chi connectivity index (χ3v) is 3.76. The number of nitrogens with zero attached hydrogens (tertiary/aromatic N) is 1. The van der Waals surface area contributed by atoms with Crippen LogP contribution in [0, 0.1) is 10.5 Å². The summed E-state index contributed by atoms with van der Waals surface area (Å²) in [5.41, 5.74) is 3.97. The van der Waals surface area contributed by atoms with Crippen molar-refractivity contribution < 1.29 is 0 Å². The van der Waals surface area contributed by atoms with Gasteiger partial charge in [0.15, 0.2) is 0 Å². The molecule has 3 rings (SSSR count). The number of hydrogen-bond donors (Lipinski definition) is 1. The van der Waals surface area contributed by atoms with Crippen molar-refractivity contribution in [3.63, 3.8) is 0 Å². The molecule has 0 aliphatic heterocycles. The van der Waals surface area contributed by atoms with E-state index in [1.165, 1.54) is 5.56 Å². The quantitative estimate of drug-likeness (QED) is 0.750. The van der Waals surface area contributed by atoms with Crippen LogP contribution < -0.4 is 5.56 Å². The van der Waals surface area contributed by atoms with Crippen molar-refractivity contribution in [2.75, 3.05) is 0 Å². The third-order valence-electron chi connectivity index (χ3n) is 3.09. The standard InChI is InChI=1S/C13H11IN2O/c1-7-15-11-5-3-8-2-4-9(14)6-10(8)12(11)13(17)16-7/h2,4,6H,3,5H2,1H3,(H,15,16,17). The monoisotopic (exact) mass is 338 g/mol. The first-order valence-corrected chi connectivity index (χ1v) is 6.61. The van der Waals surface area contributed by atoms with Crippen LogP contribution in [0.4, 0.5) is 0 Å². The van der Waals surface area contributed by atoms with Gasteiger partial charge in [0.25, 0.3) is 5.56 Å². The highest BCUT2D eigenvalue weighted by atomic mass is 127. The zero-order valence-electron chi connectivity index (χ0n) is 9.38. The largest absolute Gasteiger partial charge is 0.310 e. The Hall–Kier alpha value is -1.17. The summed E-state index contributed by atoms with van der Waals surface area (Å²) in [6.45, 7) is 1.83. The average Bonchev–Trinajstić information content (AvgIpc) is 2.27. The summed E-state index contributed by atoms with van der Waals surface area (Å²) in [4.78, 5) is 19.3. The van der Waals surface area contributed by atoms with E-state index in [0.29, 0.717) is 5.82 Å². The van der Waals surface area contributed by atoms with Gasteiger partial charge in [-0.1, -0.05) is 6.07 Å². The number of H-pyrrole nitrogens is 1. The van der Waals surface area contributed by atoms with E-state index < -0.39 is 0 Å². The maximum absolute atomic E-state index is 12.1. The molecule has 0 bridgehead atoms. The van der Waals surface area contributed by atoms with Gasteiger partial charge in [-0.3, -0.25) is 4.79 Å². The van der Waals surface area contributed by atoms with Crippen LogP contribution in [0.15, 0.2) is 23.0 Å². The maximum Gasteiger partial charge on any atom is 0.259 e. The second-order valence-corrected chi connectivity index (χ2v) is 5.52. The predicted octanol–water partition coefficient (Wildman–Crippen LogP) is 2.45. The molecule has 0 spiro atoms. The third kappa shape index (κ3) is 1.80. The highest BCUT2D eigenvalue weighted by Crippen LogP contribution is 2.30. The number of aryl methyl sites for hydroxylation is 3. The molecule has 1 aromatic carbocycles. The van der Waals surface area contributed by atoms with Gasteiger partial charge in [-0.05, 0) is 65.6 Å². The Kier molecular flexibility index (Phi) is 2.54. The first-order valence-electron chi connectivity index (χ1n) is 5.54. The molecule has 0 amide bonds. The summed E-state index contributed by atoms with van der Waals surface area (Å²) in [6, 6.07) is 6.26. The second kappa shape index (κ2) is 3.94. The molecular formula is C13H11IN2O. The van der Waals surface area contributed by atoms with E-state index in [2.05, 4.69) is 50.8 Å². The highest BCUT2D eigenvalue weighted by molar-refractivity contribution is 14.1. The summed E-state index contributed by atoms with van der Waals surface area (Å²) in [5.74, 6) is 0.697. The molecule has 0 unspecified atom stereocenters. The molecule has 0 saturated carbocycles. The molecule has 0 atom stereocenters. The fourth-order valence-corrected chi connectivity index (χ4v) is 2.85. The van der Waals surface area contributed by atoms with Crippen LogP contribution in [-0.4, -0.2) is 9.97 Å². The molecule has 1 aliphatic carbocycles. The lowest BCUT2D eigenvalue weighted by molar-refractivity contribution is 0.854. The molecule has 1 aromatic heterocycles. The minimum atomic E-state index is -0.0181. The number of hydrogen-bond acceptors (Lipinski definition) is 2. The summed E-state index contributed by atoms with van der Waals surface area (Å²) in [5, 5.41) is 0. The number of aromatic amines is 1. The molecule has 17 heavy (non-hydrogen) atoms. The van der Waals surface area contributed by atoms with Crippen molar-refractivity contribution in [3.05, 3.63) is 49.2 Å². The van der Waals surface area contributed by atoms with Gasteiger partial charge >= 0.3 is 0 Å². The predicted molar refractivity (Wildman–Crippen MR) is 75.2 cm³/mol. The Balaban J connectivity index is 2.36. The van der Waals surface area contributed by atoms with E-state index in [-0.39, 0.29) is 5.56 Å². The van der Waals surface area contributed by atoms with Crippen LogP contribution in [0.1, 0.15) is 17.1 Å². The summed E-state index contributed by atoms with van der Waals surface area (Å²) in [6.07, 6.45) is 1.82.